The van der Waals surface area contributed by atoms with E-state index in [-0.39, 0.29) is 18.7 Å². The van der Waals surface area contributed by atoms with E-state index in [0.717, 1.165) is 11.3 Å². The minimum Gasteiger partial charge on any atom is -0.497 e. The molecule has 0 aliphatic rings. The Kier molecular flexibility index (Phi) is 8.56. The van der Waals surface area contributed by atoms with Gasteiger partial charge in [0.05, 0.1) is 37.8 Å². The van der Waals surface area contributed by atoms with Gasteiger partial charge in [0.25, 0.3) is 0 Å². The Morgan fingerprint density at radius 3 is 2.55 bits per heavy atom. The van der Waals surface area contributed by atoms with Crippen LogP contribution in [0.4, 0.5) is 0 Å². The predicted molar refractivity (Wildman–Crippen MR) is 86.2 cm³/mol. The number of amides is 1. The third kappa shape index (κ3) is 6.51. The van der Waals surface area contributed by atoms with Crippen LogP contribution in [0.1, 0.15) is 18.4 Å². The van der Waals surface area contributed by atoms with Crippen molar-refractivity contribution in [2.45, 2.75) is 18.6 Å². The summed E-state index contributed by atoms with van der Waals surface area (Å²) in [7, 11) is 1.62. The molecule has 0 N–H and O–H groups in total. The lowest BCUT2D eigenvalue weighted by molar-refractivity contribution is -0.128. The molecule has 1 aromatic carbocycles. The SMILES string of the molecule is COc1cccc(CSCC(=O)N(CCC#N)CCC#N)c1. The highest BCUT2D eigenvalue weighted by atomic mass is 32.2. The van der Waals surface area contributed by atoms with E-state index in [1.807, 2.05) is 36.4 Å². The van der Waals surface area contributed by atoms with E-state index in [1.54, 1.807) is 12.0 Å². The van der Waals surface area contributed by atoms with Crippen LogP contribution in [-0.2, 0) is 10.5 Å². The van der Waals surface area contributed by atoms with E-state index in [4.69, 9.17) is 15.3 Å². The zero-order chi connectivity index (χ0) is 16.2. The fourth-order valence-electron chi connectivity index (χ4n) is 1.84. The number of benzene rings is 1. The largest absolute Gasteiger partial charge is 0.497 e. The van der Waals surface area contributed by atoms with Gasteiger partial charge >= 0.3 is 0 Å². The second-order valence-corrected chi connectivity index (χ2v) is 5.53. The van der Waals surface area contributed by atoms with E-state index < -0.39 is 0 Å². The second kappa shape index (κ2) is 10.5. The van der Waals surface area contributed by atoms with Crippen LogP contribution in [0.15, 0.2) is 24.3 Å². The molecule has 0 saturated carbocycles. The molecular weight excluding hydrogens is 298 g/mol. The van der Waals surface area contributed by atoms with Gasteiger partial charge in [-0.15, -0.1) is 11.8 Å². The Morgan fingerprint density at radius 2 is 1.95 bits per heavy atom. The molecule has 22 heavy (non-hydrogen) atoms. The molecule has 116 valence electrons. The molecular formula is C16H19N3O2S. The van der Waals surface area contributed by atoms with Crippen molar-refractivity contribution in [3.05, 3.63) is 29.8 Å². The number of carbonyl (C=O) groups is 1. The molecule has 0 radical (unpaired) electrons. The molecule has 0 aliphatic carbocycles. The van der Waals surface area contributed by atoms with Gasteiger partial charge in [-0.25, -0.2) is 0 Å². The fraction of sp³-hybridized carbons (Fsp3) is 0.438. The Labute approximate surface area is 135 Å². The molecule has 0 aliphatic heterocycles. The first kappa shape index (κ1) is 17.9. The number of nitriles is 2. The lowest BCUT2D eigenvalue weighted by Gasteiger charge is -2.20. The van der Waals surface area contributed by atoms with Crippen molar-refractivity contribution in [1.82, 2.24) is 4.90 Å². The summed E-state index contributed by atoms with van der Waals surface area (Å²) in [6, 6.07) is 11.8. The monoisotopic (exact) mass is 317 g/mol. The Bertz CT molecular complexity index is 545. The van der Waals surface area contributed by atoms with E-state index in [2.05, 4.69) is 0 Å². The summed E-state index contributed by atoms with van der Waals surface area (Å²) in [4.78, 5) is 13.7. The zero-order valence-electron chi connectivity index (χ0n) is 12.6. The summed E-state index contributed by atoms with van der Waals surface area (Å²) in [5.41, 5.74) is 1.10. The maximum absolute atomic E-state index is 12.1. The van der Waals surface area contributed by atoms with Crippen LogP contribution in [0.2, 0.25) is 0 Å². The minimum absolute atomic E-state index is 0.0293. The van der Waals surface area contributed by atoms with Gasteiger partial charge < -0.3 is 9.64 Å². The first-order valence-electron chi connectivity index (χ1n) is 6.93. The molecule has 0 unspecified atom stereocenters. The van der Waals surface area contributed by atoms with Gasteiger partial charge in [0.2, 0.25) is 5.91 Å². The quantitative estimate of drug-likeness (QED) is 0.699. The summed E-state index contributed by atoms with van der Waals surface area (Å²) >= 11 is 1.52. The maximum atomic E-state index is 12.1. The molecule has 0 saturated heterocycles. The normalized spacial score (nSPS) is 9.59. The molecule has 1 aromatic rings. The first-order valence-corrected chi connectivity index (χ1v) is 8.09. The second-order valence-electron chi connectivity index (χ2n) is 4.54. The molecule has 0 bridgehead atoms. The van der Waals surface area contributed by atoms with Crippen molar-refractivity contribution in [3.63, 3.8) is 0 Å². The van der Waals surface area contributed by atoms with Gasteiger partial charge in [-0.1, -0.05) is 12.1 Å². The molecule has 1 rings (SSSR count). The van der Waals surface area contributed by atoms with Crippen LogP contribution in [0.5, 0.6) is 5.75 Å². The molecule has 0 heterocycles. The standard InChI is InChI=1S/C16H19N3O2S/c1-21-15-6-2-5-14(11-15)12-22-13-16(20)19(9-3-7-17)10-4-8-18/h2,5-6,11H,3-4,9-10,12-13H2,1H3. The van der Waals surface area contributed by atoms with Crippen LogP contribution in [0.3, 0.4) is 0 Å². The van der Waals surface area contributed by atoms with Crippen molar-refractivity contribution in [2.75, 3.05) is 26.0 Å². The number of methoxy groups -OCH3 is 1. The smallest absolute Gasteiger partial charge is 0.232 e. The number of nitrogens with zero attached hydrogens (tertiary/aromatic N) is 3. The summed E-state index contributed by atoms with van der Waals surface area (Å²) in [6.45, 7) is 0.771. The molecule has 0 spiro atoms. The van der Waals surface area contributed by atoms with E-state index in [0.29, 0.717) is 24.6 Å². The third-order valence-corrected chi connectivity index (χ3v) is 3.96. The highest BCUT2D eigenvalue weighted by Crippen LogP contribution is 2.18. The van der Waals surface area contributed by atoms with Crippen molar-refractivity contribution >= 4 is 17.7 Å². The molecule has 0 fully saturated rings. The number of carbonyl (C=O) groups excluding carboxylic acids is 1. The summed E-state index contributed by atoms with van der Waals surface area (Å²) in [5, 5.41) is 17.3. The van der Waals surface area contributed by atoms with Crippen molar-refractivity contribution < 1.29 is 9.53 Å². The van der Waals surface area contributed by atoms with Gasteiger partial charge in [0, 0.05) is 18.8 Å². The molecule has 5 nitrogen and oxygen atoms in total. The van der Waals surface area contributed by atoms with Gasteiger partial charge in [0.15, 0.2) is 0 Å². The summed E-state index contributed by atoms with van der Waals surface area (Å²) < 4.78 is 5.16. The van der Waals surface area contributed by atoms with Crippen molar-refractivity contribution in [2.24, 2.45) is 0 Å². The van der Waals surface area contributed by atoms with E-state index >= 15 is 0 Å². The third-order valence-electron chi connectivity index (χ3n) is 2.97. The maximum Gasteiger partial charge on any atom is 0.232 e. The molecule has 6 heteroatoms. The Hall–Kier alpha value is -2.18. The number of hydrogen-bond donors (Lipinski definition) is 0. The van der Waals surface area contributed by atoms with Gasteiger partial charge in [-0.2, -0.15) is 10.5 Å². The van der Waals surface area contributed by atoms with Gasteiger partial charge in [0.1, 0.15) is 5.75 Å². The average molecular weight is 317 g/mol. The van der Waals surface area contributed by atoms with E-state index in [1.165, 1.54) is 11.8 Å². The average Bonchev–Trinajstić information content (AvgIpc) is 2.55. The minimum atomic E-state index is -0.0293. The van der Waals surface area contributed by atoms with Gasteiger partial charge in [-0.3, -0.25) is 4.79 Å². The molecule has 0 atom stereocenters. The van der Waals surface area contributed by atoms with E-state index in [9.17, 15) is 4.79 Å². The first-order chi connectivity index (χ1) is 10.7. The molecule has 1 amide bonds. The van der Waals surface area contributed by atoms with Crippen LogP contribution in [-0.4, -0.2) is 36.8 Å². The number of thioether (sulfide) groups is 1. The van der Waals surface area contributed by atoms with Crippen LogP contribution < -0.4 is 4.74 Å². The van der Waals surface area contributed by atoms with Crippen molar-refractivity contribution in [1.29, 1.82) is 10.5 Å². The molecule has 0 aromatic heterocycles. The Balaban J connectivity index is 2.44. The predicted octanol–water partition coefficient (Wildman–Crippen LogP) is 2.58. The fourth-order valence-corrected chi connectivity index (χ4v) is 2.72. The topological polar surface area (TPSA) is 77.1 Å². The number of ether oxygens (including phenoxy) is 1. The van der Waals surface area contributed by atoms with Crippen molar-refractivity contribution in [3.8, 4) is 17.9 Å². The highest BCUT2D eigenvalue weighted by Gasteiger charge is 2.12. The lowest BCUT2D eigenvalue weighted by Crippen LogP contribution is -2.34. The zero-order valence-corrected chi connectivity index (χ0v) is 13.4. The highest BCUT2D eigenvalue weighted by molar-refractivity contribution is 7.99. The van der Waals surface area contributed by atoms with Crippen LogP contribution >= 0.6 is 11.8 Å². The van der Waals surface area contributed by atoms with Crippen LogP contribution in [0.25, 0.3) is 0 Å². The number of rotatable bonds is 9. The van der Waals surface area contributed by atoms with Gasteiger partial charge in [-0.05, 0) is 17.7 Å². The van der Waals surface area contributed by atoms with Crippen LogP contribution in [0, 0.1) is 22.7 Å². The summed E-state index contributed by atoms with van der Waals surface area (Å²) in [6.07, 6.45) is 0.579. The Morgan fingerprint density at radius 1 is 1.27 bits per heavy atom. The summed E-state index contributed by atoms with van der Waals surface area (Å²) in [5.74, 6) is 1.83. The lowest BCUT2D eigenvalue weighted by atomic mass is 10.2. The number of hydrogen-bond acceptors (Lipinski definition) is 5.